The predicted octanol–water partition coefficient (Wildman–Crippen LogP) is 3.74. The van der Waals surface area contributed by atoms with Crippen molar-refractivity contribution in [2.75, 3.05) is 0 Å². The maximum atomic E-state index is 12.1. The molecule has 5 heteroatoms. The third-order valence-corrected chi connectivity index (χ3v) is 3.72. The molecule has 128 valence electrons. The molecule has 2 rings (SSSR count). The number of ether oxygens (including phenoxy) is 1. The molecular weight excluding hydrogens is 304 g/mol. The first-order chi connectivity index (χ1) is 11.5. The topological polar surface area (TPSA) is 70.6 Å². The van der Waals surface area contributed by atoms with Crippen molar-refractivity contribution in [3.63, 3.8) is 0 Å². The van der Waals surface area contributed by atoms with Gasteiger partial charge in [-0.3, -0.25) is 0 Å². The fourth-order valence-electron chi connectivity index (χ4n) is 2.31. The van der Waals surface area contributed by atoms with Crippen LogP contribution in [0.4, 0.5) is 4.79 Å². The van der Waals surface area contributed by atoms with Gasteiger partial charge in [-0.1, -0.05) is 31.2 Å². The van der Waals surface area contributed by atoms with Crippen LogP contribution in [0.2, 0.25) is 0 Å². The van der Waals surface area contributed by atoms with Crippen LogP contribution in [0.5, 0.6) is 11.5 Å². The highest BCUT2D eigenvalue weighted by Gasteiger charge is 2.12. The Hall–Kier alpha value is -2.69. The Bertz CT molecular complexity index is 653. The normalized spacial score (nSPS) is 13.0. The lowest BCUT2D eigenvalue weighted by molar-refractivity contribution is 0.175. The summed E-state index contributed by atoms with van der Waals surface area (Å²) in [6.07, 6.45) is 0.499. The van der Waals surface area contributed by atoms with E-state index in [1.807, 2.05) is 19.1 Å². The lowest BCUT2D eigenvalue weighted by Gasteiger charge is -2.19. The molecule has 3 N–H and O–H groups in total. The van der Waals surface area contributed by atoms with Gasteiger partial charge in [0.05, 0.1) is 6.04 Å². The predicted molar refractivity (Wildman–Crippen MR) is 94.1 cm³/mol. The van der Waals surface area contributed by atoms with Gasteiger partial charge in [0.2, 0.25) is 0 Å². The number of benzene rings is 2. The summed E-state index contributed by atoms with van der Waals surface area (Å²) in [7, 11) is 0. The average molecular weight is 328 g/mol. The number of phenols is 1. The van der Waals surface area contributed by atoms with Gasteiger partial charge in [0, 0.05) is 0 Å². The fraction of sp³-hybridized carbons (Fsp3) is 0.316. The molecule has 5 nitrogen and oxygen atoms in total. The summed E-state index contributed by atoms with van der Waals surface area (Å²) in [5, 5.41) is 14.9. The second-order valence-corrected chi connectivity index (χ2v) is 5.69. The SMILES string of the molecule is CCc1ccc(C(C)NC(=O)NC(C)Oc2ccc(O)cc2)cc1. The highest BCUT2D eigenvalue weighted by molar-refractivity contribution is 5.74. The van der Waals surface area contributed by atoms with E-state index in [0.29, 0.717) is 5.75 Å². The average Bonchev–Trinajstić information content (AvgIpc) is 2.56. The summed E-state index contributed by atoms with van der Waals surface area (Å²) in [6, 6.07) is 14.1. The Balaban J connectivity index is 1.83. The molecule has 0 aliphatic carbocycles. The molecule has 0 saturated heterocycles. The summed E-state index contributed by atoms with van der Waals surface area (Å²) < 4.78 is 5.57. The molecule has 0 spiro atoms. The minimum atomic E-state index is -0.496. The third kappa shape index (κ3) is 5.19. The number of urea groups is 1. The molecule has 0 radical (unpaired) electrons. The van der Waals surface area contributed by atoms with E-state index in [4.69, 9.17) is 4.74 Å². The van der Waals surface area contributed by atoms with E-state index in [0.717, 1.165) is 12.0 Å². The number of aryl methyl sites for hydroxylation is 1. The zero-order valence-electron chi connectivity index (χ0n) is 14.2. The first-order valence-electron chi connectivity index (χ1n) is 8.09. The van der Waals surface area contributed by atoms with E-state index in [9.17, 15) is 9.90 Å². The van der Waals surface area contributed by atoms with Crippen LogP contribution >= 0.6 is 0 Å². The maximum Gasteiger partial charge on any atom is 0.318 e. The second kappa shape index (κ2) is 8.24. The van der Waals surface area contributed by atoms with Crippen LogP contribution in [0.1, 0.15) is 37.9 Å². The number of hydrogen-bond donors (Lipinski definition) is 3. The zero-order valence-corrected chi connectivity index (χ0v) is 14.2. The number of nitrogens with one attached hydrogen (secondary N) is 2. The fourth-order valence-corrected chi connectivity index (χ4v) is 2.31. The van der Waals surface area contributed by atoms with Gasteiger partial charge < -0.3 is 20.5 Å². The van der Waals surface area contributed by atoms with E-state index >= 15 is 0 Å². The van der Waals surface area contributed by atoms with Gasteiger partial charge in [0.15, 0.2) is 6.23 Å². The molecule has 2 aromatic rings. The Morgan fingerprint density at radius 3 is 2.25 bits per heavy atom. The highest BCUT2D eigenvalue weighted by atomic mass is 16.5. The molecule has 0 fully saturated rings. The quantitative estimate of drug-likeness (QED) is 0.708. The van der Waals surface area contributed by atoms with E-state index in [2.05, 4.69) is 29.7 Å². The molecule has 2 amide bonds. The van der Waals surface area contributed by atoms with Gasteiger partial charge in [0.1, 0.15) is 11.5 Å². The summed E-state index contributed by atoms with van der Waals surface area (Å²) in [5.74, 6) is 0.743. The van der Waals surface area contributed by atoms with E-state index in [1.165, 1.54) is 17.7 Å². The van der Waals surface area contributed by atoms with Crippen LogP contribution in [-0.2, 0) is 6.42 Å². The van der Waals surface area contributed by atoms with E-state index in [-0.39, 0.29) is 17.8 Å². The number of phenolic OH excluding ortho intramolecular Hbond substituents is 1. The lowest BCUT2D eigenvalue weighted by Crippen LogP contribution is -2.44. The molecule has 0 aliphatic rings. The standard InChI is InChI=1S/C19H24N2O3/c1-4-15-5-7-16(8-6-15)13(2)20-19(23)21-14(3)24-18-11-9-17(22)10-12-18/h5-14,22H,4H2,1-3H3,(H2,20,21,23). The molecule has 24 heavy (non-hydrogen) atoms. The summed E-state index contributed by atoms with van der Waals surface area (Å²) in [5.41, 5.74) is 2.32. The van der Waals surface area contributed by atoms with Crippen molar-refractivity contribution >= 4 is 6.03 Å². The first kappa shape index (κ1) is 17.7. The summed E-state index contributed by atoms with van der Waals surface area (Å²) in [6.45, 7) is 5.79. The number of carbonyl (C=O) groups is 1. The number of hydrogen-bond acceptors (Lipinski definition) is 3. The third-order valence-electron chi connectivity index (χ3n) is 3.72. The van der Waals surface area contributed by atoms with E-state index < -0.39 is 6.23 Å². The molecule has 0 bridgehead atoms. The van der Waals surface area contributed by atoms with Gasteiger partial charge in [0.25, 0.3) is 0 Å². The number of rotatable bonds is 6. The minimum Gasteiger partial charge on any atom is -0.508 e. The van der Waals surface area contributed by atoms with Crippen molar-refractivity contribution in [3.05, 3.63) is 59.7 Å². The molecule has 0 aliphatic heterocycles. The molecule has 0 aromatic heterocycles. The Morgan fingerprint density at radius 1 is 1.04 bits per heavy atom. The lowest BCUT2D eigenvalue weighted by atomic mass is 10.1. The Morgan fingerprint density at radius 2 is 1.67 bits per heavy atom. The highest BCUT2D eigenvalue weighted by Crippen LogP contribution is 2.17. The van der Waals surface area contributed by atoms with Crippen molar-refractivity contribution in [1.82, 2.24) is 10.6 Å². The van der Waals surface area contributed by atoms with Crippen molar-refractivity contribution < 1.29 is 14.6 Å². The van der Waals surface area contributed by atoms with Crippen LogP contribution < -0.4 is 15.4 Å². The molecular formula is C19H24N2O3. The van der Waals surface area contributed by atoms with Gasteiger partial charge in [-0.25, -0.2) is 4.79 Å². The molecule has 0 saturated carbocycles. The van der Waals surface area contributed by atoms with Gasteiger partial charge in [-0.2, -0.15) is 0 Å². The number of aromatic hydroxyl groups is 1. The number of carbonyl (C=O) groups excluding carboxylic acids is 1. The van der Waals surface area contributed by atoms with Gasteiger partial charge >= 0.3 is 6.03 Å². The van der Waals surface area contributed by atoms with Crippen LogP contribution in [0, 0.1) is 0 Å². The van der Waals surface area contributed by atoms with Crippen LogP contribution in [0.3, 0.4) is 0 Å². The minimum absolute atomic E-state index is 0.100. The summed E-state index contributed by atoms with van der Waals surface area (Å²) in [4.78, 5) is 12.1. The number of amides is 2. The Labute approximate surface area is 142 Å². The first-order valence-corrected chi connectivity index (χ1v) is 8.09. The van der Waals surface area contributed by atoms with Crippen molar-refractivity contribution in [2.45, 2.75) is 39.5 Å². The maximum absolute atomic E-state index is 12.1. The van der Waals surface area contributed by atoms with E-state index in [1.54, 1.807) is 19.1 Å². The summed E-state index contributed by atoms with van der Waals surface area (Å²) >= 11 is 0. The molecule has 2 unspecified atom stereocenters. The van der Waals surface area contributed by atoms with Crippen molar-refractivity contribution in [2.24, 2.45) is 0 Å². The molecule has 0 heterocycles. The zero-order chi connectivity index (χ0) is 17.5. The van der Waals surface area contributed by atoms with Gasteiger partial charge in [-0.15, -0.1) is 0 Å². The van der Waals surface area contributed by atoms with Crippen LogP contribution in [0.15, 0.2) is 48.5 Å². The van der Waals surface area contributed by atoms with Crippen molar-refractivity contribution in [1.29, 1.82) is 0 Å². The molecule has 2 atom stereocenters. The largest absolute Gasteiger partial charge is 0.508 e. The van der Waals surface area contributed by atoms with Crippen LogP contribution in [0.25, 0.3) is 0 Å². The van der Waals surface area contributed by atoms with Gasteiger partial charge in [-0.05, 0) is 55.7 Å². The smallest absolute Gasteiger partial charge is 0.318 e. The van der Waals surface area contributed by atoms with Crippen LogP contribution in [-0.4, -0.2) is 17.4 Å². The molecule has 2 aromatic carbocycles. The Kier molecular flexibility index (Phi) is 6.07. The second-order valence-electron chi connectivity index (χ2n) is 5.69. The van der Waals surface area contributed by atoms with Crippen molar-refractivity contribution in [3.8, 4) is 11.5 Å². The monoisotopic (exact) mass is 328 g/mol.